The van der Waals surface area contributed by atoms with E-state index >= 15 is 0 Å². The predicted molar refractivity (Wildman–Crippen MR) is 133 cm³/mol. The van der Waals surface area contributed by atoms with Crippen LogP contribution in [0.4, 0.5) is 11.4 Å². The Kier molecular flexibility index (Phi) is 6.34. The molecular formula is C26H26N2O5S. The van der Waals surface area contributed by atoms with E-state index in [-0.39, 0.29) is 11.4 Å². The molecule has 3 aromatic carbocycles. The van der Waals surface area contributed by atoms with Gasteiger partial charge in [0.2, 0.25) is 0 Å². The van der Waals surface area contributed by atoms with Crippen molar-refractivity contribution in [3.63, 3.8) is 0 Å². The van der Waals surface area contributed by atoms with Crippen molar-refractivity contribution in [1.29, 1.82) is 0 Å². The summed E-state index contributed by atoms with van der Waals surface area (Å²) in [4.78, 5) is 13.1. The number of rotatable bonds is 6. The monoisotopic (exact) mass is 478 g/mol. The van der Waals surface area contributed by atoms with E-state index in [1.165, 1.54) is 18.5 Å². The van der Waals surface area contributed by atoms with Gasteiger partial charge in [0.25, 0.3) is 15.9 Å². The van der Waals surface area contributed by atoms with Gasteiger partial charge >= 0.3 is 0 Å². The zero-order chi connectivity index (χ0) is 24.5. The standard InChI is InChI=1S/C26H26N2O5S/c1-17-9-8-12-20(13-17)27-26(29)25-18(2)21-14-23(32-3)24(33-4)15-22(21)28(34(25,30)31)16-19-10-6-5-7-11-19/h5-15H,16H2,1-4H3,(H,27,29). The van der Waals surface area contributed by atoms with Gasteiger partial charge in [0.05, 0.1) is 26.5 Å². The fourth-order valence-electron chi connectivity index (χ4n) is 4.05. The Labute approximate surface area is 199 Å². The van der Waals surface area contributed by atoms with Gasteiger partial charge in [0, 0.05) is 17.3 Å². The fourth-order valence-corrected chi connectivity index (χ4v) is 5.78. The second-order valence-corrected chi connectivity index (χ2v) is 9.80. The summed E-state index contributed by atoms with van der Waals surface area (Å²) in [5.41, 5.74) is 3.59. The van der Waals surface area contributed by atoms with Crippen LogP contribution in [0.1, 0.15) is 23.6 Å². The van der Waals surface area contributed by atoms with Gasteiger partial charge in [-0.15, -0.1) is 0 Å². The summed E-state index contributed by atoms with van der Waals surface area (Å²) in [6.07, 6.45) is 0. The molecule has 0 aliphatic carbocycles. The summed E-state index contributed by atoms with van der Waals surface area (Å²) >= 11 is 0. The van der Waals surface area contributed by atoms with E-state index in [0.29, 0.717) is 34.0 Å². The van der Waals surface area contributed by atoms with Gasteiger partial charge in [0.15, 0.2) is 16.4 Å². The Morgan fingerprint density at radius 1 is 0.912 bits per heavy atom. The Balaban J connectivity index is 1.89. The predicted octanol–water partition coefficient (Wildman–Crippen LogP) is 4.73. The first kappa shape index (κ1) is 23.4. The quantitative estimate of drug-likeness (QED) is 0.554. The molecule has 0 bridgehead atoms. The number of carbonyl (C=O) groups excluding carboxylic acids is 1. The lowest BCUT2D eigenvalue weighted by molar-refractivity contribution is -0.112. The van der Waals surface area contributed by atoms with E-state index in [9.17, 15) is 13.2 Å². The number of nitrogens with one attached hydrogen (secondary N) is 1. The number of aryl methyl sites for hydroxylation is 1. The Hall–Kier alpha value is -3.78. The minimum atomic E-state index is -4.19. The highest BCUT2D eigenvalue weighted by Crippen LogP contribution is 2.45. The third-order valence-corrected chi connectivity index (χ3v) is 7.63. The highest BCUT2D eigenvalue weighted by molar-refractivity contribution is 7.97. The molecule has 1 amide bonds. The van der Waals surface area contributed by atoms with Gasteiger partial charge in [-0.3, -0.25) is 9.10 Å². The van der Waals surface area contributed by atoms with Crippen molar-refractivity contribution >= 4 is 32.9 Å². The largest absolute Gasteiger partial charge is 0.493 e. The Bertz CT molecular complexity index is 1380. The second-order valence-electron chi connectivity index (χ2n) is 8.00. The minimum absolute atomic E-state index is 0.0557. The topological polar surface area (TPSA) is 84.9 Å². The number of anilines is 2. The van der Waals surface area contributed by atoms with Crippen LogP contribution < -0.4 is 19.1 Å². The van der Waals surface area contributed by atoms with Crippen LogP contribution in [0, 0.1) is 6.92 Å². The molecule has 7 nitrogen and oxygen atoms in total. The van der Waals surface area contributed by atoms with Crippen LogP contribution in [0.2, 0.25) is 0 Å². The van der Waals surface area contributed by atoms with Crippen molar-refractivity contribution in [3.8, 4) is 11.5 Å². The number of nitrogens with zero attached hydrogens (tertiary/aromatic N) is 1. The number of fused-ring (bicyclic) bond motifs is 1. The number of sulfonamides is 1. The first-order valence-electron chi connectivity index (χ1n) is 10.7. The Morgan fingerprint density at radius 3 is 2.24 bits per heavy atom. The molecule has 1 aliphatic heterocycles. The van der Waals surface area contributed by atoms with Crippen LogP contribution in [0.3, 0.4) is 0 Å². The summed E-state index contributed by atoms with van der Waals surface area (Å²) < 4.78 is 39.9. The number of carbonyl (C=O) groups is 1. The first-order valence-corrected chi connectivity index (χ1v) is 12.1. The zero-order valence-corrected chi connectivity index (χ0v) is 20.3. The second kappa shape index (κ2) is 9.23. The molecule has 0 saturated heterocycles. The van der Waals surface area contributed by atoms with Crippen LogP contribution >= 0.6 is 0 Å². The number of ether oxygens (including phenoxy) is 2. The number of hydrogen-bond donors (Lipinski definition) is 1. The average molecular weight is 479 g/mol. The number of allylic oxidation sites excluding steroid dienone is 1. The van der Waals surface area contributed by atoms with Crippen molar-refractivity contribution in [3.05, 3.63) is 88.3 Å². The fraction of sp³-hybridized carbons (Fsp3) is 0.192. The molecule has 1 heterocycles. The Morgan fingerprint density at radius 2 is 1.59 bits per heavy atom. The van der Waals surface area contributed by atoms with Gasteiger partial charge in [0.1, 0.15) is 0 Å². The van der Waals surface area contributed by atoms with E-state index in [2.05, 4.69) is 5.32 Å². The van der Waals surface area contributed by atoms with E-state index in [1.54, 1.807) is 37.3 Å². The highest BCUT2D eigenvalue weighted by Gasteiger charge is 2.40. The van der Waals surface area contributed by atoms with Gasteiger partial charge in [-0.1, -0.05) is 42.5 Å². The maximum absolute atomic E-state index is 13.9. The van der Waals surface area contributed by atoms with E-state index in [4.69, 9.17) is 9.47 Å². The molecule has 34 heavy (non-hydrogen) atoms. The van der Waals surface area contributed by atoms with Gasteiger partial charge in [-0.25, -0.2) is 8.42 Å². The molecule has 4 rings (SSSR count). The van der Waals surface area contributed by atoms with Gasteiger partial charge in [-0.2, -0.15) is 0 Å². The number of hydrogen-bond acceptors (Lipinski definition) is 5. The van der Waals surface area contributed by atoms with Crippen LogP contribution in [-0.2, 0) is 21.4 Å². The normalized spacial score (nSPS) is 14.4. The van der Waals surface area contributed by atoms with Crippen molar-refractivity contribution < 1.29 is 22.7 Å². The van der Waals surface area contributed by atoms with Gasteiger partial charge < -0.3 is 14.8 Å². The van der Waals surface area contributed by atoms with E-state index in [1.807, 2.05) is 43.3 Å². The van der Waals surface area contributed by atoms with Crippen molar-refractivity contribution in [2.45, 2.75) is 20.4 Å². The smallest absolute Gasteiger partial charge is 0.270 e. The summed E-state index contributed by atoms with van der Waals surface area (Å²) in [7, 11) is -1.19. The lowest BCUT2D eigenvalue weighted by Crippen LogP contribution is -2.39. The maximum atomic E-state index is 13.9. The number of amides is 1. The molecule has 1 N–H and O–H groups in total. The lowest BCUT2D eigenvalue weighted by Gasteiger charge is -2.33. The first-order chi connectivity index (χ1) is 16.3. The third-order valence-electron chi connectivity index (χ3n) is 5.71. The van der Waals surface area contributed by atoms with Crippen molar-refractivity contribution in [2.24, 2.45) is 0 Å². The molecule has 8 heteroatoms. The van der Waals surface area contributed by atoms with Crippen LogP contribution in [0.25, 0.3) is 5.57 Å². The summed E-state index contributed by atoms with van der Waals surface area (Å²) in [6, 6.07) is 19.8. The third kappa shape index (κ3) is 4.24. The van der Waals surface area contributed by atoms with E-state index in [0.717, 1.165) is 11.1 Å². The van der Waals surface area contributed by atoms with Gasteiger partial charge in [-0.05, 0) is 48.7 Å². The molecule has 176 valence electrons. The highest BCUT2D eigenvalue weighted by atomic mass is 32.2. The van der Waals surface area contributed by atoms with Crippen molar-refractivity contribution in [2.75, 3.05) is 23.8 Å². The SMILES string of the molecule is COc1cc2c(cc1OC)N(Cc1ccccc1)S(=O)(=O)C(C(=O)Nc1cccc(C)c1)=C2C. The molecule has 0 spiro atoms. The molecular weight excluding hydrogens is 452 g/mol. The van der Waals surface area contributed by atoms with Crippen molar-refractivity contribution in [1.82, 2.24) is 0 Å². The lowest BCUT2D eigenvalue weighted by atomic mass is 10.0. The minimum Gasteiger partial charge on any atom is -0.493 e. The molecule has 0 fully saturated rings. The molecule has 0 saturated carbocycles. The summed E-state index contributed by atoms with van der Waals surface area (Å²) in [6.45, 7) is 3.59. The van der Waals surface area contributed by atoms with E-state index < -0.39 is 15.9 Å². The molecule has 0 radical (unpaired) electrons. The average Bonchev–Trinajstić information content (AvgIpc) is 2.81. The molecule has 3 aromatic rings. The molecule has 0 atom stereocenters. The summed E-state index contributed by atoms with van der Waals surface area (Å²) in [5.74, 6) is 0.148. The molecule has 0 aromatic heterocycles. The maximum Gasteiger partial charge on any atom is 0.270 e. The summed E-state index contributed by atoms with van der Waals surface area (Å²) in [5, 5.41) is 2.75. The molecule has 0 unspecified atom stereocenters. The zero-order valence-electron chi connectivity index (χ0n) is 19.5. The van der Waals surface area contributed by atoms with Crippen LogP contribution in [-0.4, -0.2) is 28.5 Å². The molecule has 1 aliphatic rings. The number of benzene rings is 3. The number of methoxy groups -OCH3 is 2. The van der Waals surface area contributed by atoms with Crippen LogP contribution in [0.15, 0.2) is 71.6 Å². The van der Waals surface area contributed by atoms with Crippen LogP contribution in [0.5, 0.6) is 11.5 Å².